The first-order chi connectivity index (χ1) is 9.11. The van der Waals surface area contributed by atoms with Crippen LogP contribution < -0.4 is 16.4 Å². The maximum atomic E-state index is 11.8. The maximum absolute atomic E-state index is 11.8. The molecular formula is C11H23N3O3S2. The van der Waals surface area contributed by atoms with Crippen molar-refractivity contribution in [3.8, 4) is 0 Å². The largest absolute Gasteiger partial charge is 0.396 e. The molecule has 0 bridgehead atoms. The van der Waals surface area contributed by atoms with Crippen molar-refractivity contribution in [2.75, 3.05) is 36.7 Å². The van der Waals surface area contributed by atoms with Gasteiger partial charge in [-0.2, -0.15) is 23.5 Å². The molecule has 0 aromatic rings. The van der Waals surface area contributed by atoms with Crippen LogP contribution in [0.1, 0.15) is 12.8 Å². The monoisotopic (exact) mass is 309 g/mol. The molecule has 0 fully saturated rings. The molecule has 0 saturated carbocycles. The van der Waals surface area contributed by atoms with Crippen molar-refractivity contribution in [2.45, 2.75) is 18.9 Å². The van der Waals surface area contributed by atoms with Crippen LogP contribution in [0.25, 0.3) is 0 Å². The van der Waals surface area contributed by atoms with Gasteiger partial charge < -0.3 is 21.5 Å². The smallest absolute Gasteiger partial charge is 0.312 e. The third kappa shape index (κ3) is 11.0. The van der Waals surface area contributed by atoms with Gasteiger partial charge in [-0.3, -0.25) is 4.79 Å². The summed E-state index contributed by atoms with van der Waals surface area (Å²) in [5.74, 6) is 2.25. The van der Waals surface area contributed by atoms with E-state index in [4.69, 9.17) is 10.8 Å². The van der Waals surface area contributed by atoms with Crippen molar-refractivity contribution in [2.24, 2.45) is 5.73 Å². The minimum atomic E-state index is -0.682. The summed E-state index contributed by atoms with van der Waals surface area (Å²) in [6.45, 7) is 0.740. The second-order valence-electron chi connectivity index (χ2n) is 3.82. The van der Waals surface area contributed by atoms with Gasteiger partial charge in [-0.05, 0) is 30.6 Å². The average molecular weight is 309 g/mol. The van der Waals surface area contributed by atoms with E-state index < -0.39 is 12.1 Å². The molecule has 5 N–H and O–H groups in total. The van der Waals surface area contributed by atoms with Gasteiger partial charge in [0.05, 0.1) is 0 Å². The Labute approximate surface area is 122 Å². The Bertz CT molecular complexity index is 268. The van der Waals surface area contributed by atoms with Crippen LogP contribution in [-0.2, 0) is 4.79 Å². The molecule has 19 heavy (non-hydrogen) atoms. The van der Waals surface area contributed by atoms with Gasteiger partial charge in [0, 0.05) is 18.9 Å². The normalized spacial score (nSPS) is 11.9. The summed E-state index contributed by atoms with van der Waals surface area (Å²) in [7, 11) is 0. The number of urea groups is 1. The van der Waals surface area contributed by atoms with Gasteiger partial charge >= 0.3 is 6.03 Å². The van der Waals surface area contributed by atoms with Crippen LogP contribution in [0, 0.1) is 0 Å². The number of hydrogen-bond donors (Lipinski definition) is 4. The second-order valence-corrected chi connectivity index (χ2v) is 6.03. The number of aliphatic hydroxyl groups is 1. The zero-order valence-electron chi connectivity index (χ0n) is 11.2. The van der Waals surface area contributed by atoms with Gasteiger partial charge in [-0.25, -0.2) is 4.79 Å². The predicted molar refractivity (Wildman–Crippen MR) is 81.5 cm³/mol. The Balaban J connectivity index is 3.86. The van der Waals surface area contributed by atoms with Crippen molar-refractivity contribution in [3.63, 3.8) is 0 Å². The number of amides is 3. The molecule has 0 aliphatic carbocycles. The van der Waals surface area contributed by atoms with Crippen LogP contribution in [0.4, 0.5) is 4.79 Å². The van der Waals surface area contributed by atoms with Gasteiger partial charge in [0.15, 0.2) is 0 Å². The summed E-state index contributed by atoms with van der Waals surface area (Å²) in [4.78, 5) is 22.7. The Morgan fingerprint density at radius 3 is 2.63 bits per heavy atom. The lowest BCUT2D eigenvalue weighted by molar-refractivity contribution is -0.122. The third-order valence-corrected chi connectivity index (χ3v) is 3.95. The first kappa shape index (κ1) is 18.4. The Morgan fingerprint density at radius 1 is 1.32 bits per heavy atom. The van der Waals surface area contributed by atoms with Crippen molar-refractivity contribution in [1.29, 1.82) is 0 Å². The molecule has 3 amide bonds. The molecule has 0 aliphatic heterocycles. The molecule has 0 spiro atoms. The summed E-state index contributed by atoms with van der Waals surface area (Å²) >= 11 is 3.28. The fraction of sp³-hybridized carbons (Fsp3) is 0.818. The molecule has 0 radical (unpaired) electrons. The van der Waals surface area contributed by atoms with E-state index in [0.717, 1.165) is 23.7 Å². The van der Waals surface area contributed by atoms with Gasteiger partial charge in [0.25, 0.3) is 0 Å². The topological polar surface area (TPSA) is 104 Å². The molecule has 0 saturated heterocycles. The van der Waals surface area contributed by atoms with Crippen molar-refractivity contribution < 1.29 is 14.7 Å². The molecule has 0 heterocycles. The van der Waals surface area contributed by atoms with E-state index in [-0.39, 0.29) is 12.5 Å². The second kappa shape index (κ2) is 12.4. The molecular weight excluding hydrogens is 286 g/mol. The highest BCUT2D eigenvalue weighted by atomic mass is 32.2. The lowest BCUT2D eigenvalue weighted by atomic mass is 10.2. The van der Waals surface area contributed by atoms with Gasteiger partial charge in [0.2, 0.25) is 5.91 Å². The minimum Gasteiger partial charge on any atom is -0.396 e. The zero-order valence-corrected chi connectivity index (χ0v) is 12.8. The zero-order chi connectivity index (χ0) is 14.5. The number of carbonyl (C=O) groups is 2. The fourth-order valence-corrected chi connectivity index (χ4v) is 2.57. The van der Waals surface area contributed by atoms with Crippen molar-refractivity contribution >= 4 is 35.5 Å². The van der Waals surface area contributed by atoms with Gasteiger partial charge in [-0.1, -0.05) is 0 Å². The Hall–Kier alpha value is -0.600. The Morgan fingerprint density at radius 2 is 2.05 bits per heavy atom. The number of rotatable bonds is 11. The molecule has 0 aliphatic rings. The average Bonchev–Trinajstić information content (AvgIpc) is 2.37. The molecule has 0 aromatic heterocycles. The molecule has 6 nitrogen and oxygen atoms in total. The predicted octanol–water partition coefficient (Wildman–Crippen LogP) is 0.00820. The number of primary amides is 1. The van der Waals surface area contributed by atoms with E-state index in [1.165, 1.54) is 0 Å². The van der Waals surface area contributed by atoms with Crippen molar-refractivity contribution in [1.82, 2.24) is 10.6 Å². The standard InChI is InChI=1S/C11H23N3O3S2/c1-18-7-3-9(14-11(12)17)10(16)13-4-8-19-6-2-5-15/h9,15H,2-8H2,1H3,(H,13,16)(H3,12,14,17). The first-order valence-electron chi connectivity index (χ1n) is 6.13. The summed E-state index contributed by atoms with van der Waals surface area (Å²) in [5.41, 5.74) is 5.05. The number of nitrogens with one attached hydrogen (secondary N) is 2. The summed E-state index contributed by atoms with van der Waals surface area (Å²) < 4.78 is 0. The molecule has 0 aromatic carbocycles. The minimum absolute atomic E-state index is 0.193. The van der Waals surface area contributed by atoms with Crippen LogP contribution in [0.15, 0.2) is 0 Å². The fourth-order valence-electron chi connectivity index (χ4n) is 1.31. The molecule has 8 heteroatoms. The van der Waals surface area contributed by atoms with Crippen LogP contribution >= 0.6 is 23.5 Å². The number of hydrogen-bond acceptors (Lipinski definition) is 5. The lowest BCUT2D eigenvalue weighted by Crippen LogP contribution is -2.49. The van der Waals surface area contributed by atoms with Crippen LogP contribution in [0.3, 0.4) is 0 Å². The molecule has 112 valence electrons. The first-order valence-corrected chi connectivity index (χ1v) is 8.68. The SMILES string of the molecule is CSCCC(NC(N)=O)C(=O)NCCSCCCO. The van der Waals surface area contributed by atoms with Gasteiger partial charge in [0.1, 0.15) is 6.04 Å². The maximum Gasteiger partial charge on any atom is 0.312 e. The highest BCUT2D eigenvalue weighted by Gasteiger charge is 2.18. The number of nitrogens with two attached hydrogens (primary N) is 1. The molecule has 0 rings (SSSR count). The van der Waals surface area contributed by atoms with E-state index in [1.807, 2.05) is 6.26 Å². The van der Waals surface area contributed by atoms with Crippen LogP contribution in [0.5, 0.6) is 0 Å². The Kier molecular flexibility index (Phi) is 12.0. The quantitative estimate of drug-likeness (QED) is 0.402. The summed E-state index contributed by atoms with van der Waals surface area (Å²) in [6.07, 6.45) is 3.27. The van der Waals surface area contributed by atoms with Gasteiger partial charge in [-0.15, -0.1) is 0 Å². The molecule has 1 unspecified atom stereocenters. The lowest BCUT2D eigenvalue weighted by Gasteiger charge is -2.16. The number of aliphatic hydroxyl groups excluding tert-OH is 1. The molecule has 1 atom stereocenters. The van der Waals surface area contributed by atoms with E-state index in [2.05, 4.69) is 10.6 Å². The van der Waals surface area contributed by atoms with Crippen LogP contribution in [-0.4, -0.2) is 59.8 Å². The van der Waals surface area contributed by atoms with E-state index in [9.17, 15) is 9.59 Å². The van der Waals surface area contributed by atoms with E-state index in [0.29, 0.717) is 13.0 Å². The third-order valence-electron chi connectivity index (χ3n) is 2.24. The summed E-state index contributed by atoms with van der Waals surface area (Å²) in [6, 6.07) is -1.24. The highest BCUT2D eigenvalue weighted by Crippen LogP contribution is 2.02. The number of carbonyl (C=O) groups excluding carboxylic acids is 2. The van der Waals surface area contributed by atoms with Crippen LogP contribution in [0.2, 0.25) is 0 Å². The number of thioether (sulfide) groups is 2. The van der Waals surface area contributed by atoms with E-state index in [1.54, 1.807) is 23.5 Å². The highest BCUT2D eigenvalue weighted by molar-refractivity contribution is 7.99. The summed E-state index contributed by atoms with van der Waals surface area (Å²) in [5, 5.41) is 13.8. The van der Waals surface area contributed by atoms with Crippen molar-refractivity contribution in [3.05, 3.63) is 0 Å². The van der Waals surface area contributed by atoms with E-state index >= 15 is 0 Å².